The number of rotatable bonds is 5. The van der Waals surface area contributed by atoms with Crippen molar-refractivity contribution < 1.29 is 23.9 Å². The Morgan fingerprint density at radius 3 is 1.91 bits per heavy atom. The molecule has 0 spiro atoms. The standard InChI is InChI=1S/C27H22ClNO5S/c1-33-23(30)21-22(24(31)34-2)27(18-9-5-3-6-10-18)29(20-11-7-4-8-12-20)25(32)26(21,35-27)17-13-15-19(28)16-14-17/h3-16,21-22H,1-2H3/t21-,22-,26-,27-/m0/s1. The fourth-order valence-corrected chi connectivity index (χ4v) is 7.65. The molecule has 8 heteroatoms. The van der Waals surface area contributed by atoms with Crippen LogP contribution in [0.2, 0.25) is 5.02 Å². The van der Waals surface area contributed by atoms with Gasteiger partial charge >= 0.3 is 11.9 Å². The van der Waals surface area contributed by atoms with Crippen LogP contribution in [0.5, 0.6) is 0 Å². The first-order chi connectivity index (χ1) is 16.9. The van der Waals surface area contributed by atoms with Gasteiger partial charge < -0.3 is 9.47 Å². The highest BCUT2D eigenvalue weighted by molar-refractivity contribution is 8.03. The Morgan fingerprint density at radius 1 is 0.800 bits per heavy atom. The van der Waals surface area contributed by atoms with E-state index in [4.69, 9.17) is 21.1 Å². The highest BCUT2D eigenvalue weighted by atomic mass is 35.5. The molecule has 2 saturated heterocycles. The molecule has 4 atom stereocenters. The summed E-state index contributed by atoms with van der Waals surface area (Å²) >= 11 is 7.45. The number of hydrogen-bond donors (Lipinski definition) is 0. The average Bonchev–Trinajstić information content (AvgIpc) is 3.37. The van der Waals surface area contributed by atoms with Crippen LogP contribution in [0.1, 0.15) is 11.1 Å². The minimum Gasteiger partial charge on any atom is -0.469 e. The molecule has 0 N–H and O–H groups in total. The first-order valence-corrected chi connectivity index (χ1v) is 12.2. The molecule has 0 aromatic heterocycles. The number of esters is 2. The fraction of sp³-hybridized carbons (Fsp3) is 0.222. The van der Waals surface area contributed by atoms with E-state index in [1.54, 1.807) is 29.2 Å². The van der Waals surface area contributed by atoms with Crippen molar-refractivity contribution in [3.8, 4) is 0 Å². The maximum absolute atomic E-state index is 14.6. The highest BCUT2D eigenvalue weighted by Crippen LogP contribution is 2.74. The van der Waals surface area contributed by atoms with Gasteiger partial charge in [-0.1, -0.05) is 72.3 Å². The number of ether oxygens (including phenoxy) is 2. The van der Waals surface area contributed by atoms with E-state index in [2.05, 4.69) is 0 Å². The molecule has 178 valence electrons. The average molecular weight is 508 g/mol. The third-order valence-electron chi connectivity index (χ3n) is 6.75. The van der Waals surface area contributed by atoms with Crippen LogP contribution >= 0.6 is 23.4 Å². The maximum atomic E-state index is 14.6. The number of nitrogens with zero attached hydrogens (tertiary/aromatic N) is 1. The number of thioether (sulfide) groups is 1. The number of halogens is 1. The molecule has 0 aliphatic carbocycles. The first kappa shape index (κ1) is 23.5. The van der Waals surface area contributed by atoms with Crippen LogP contribution in [0, 0.1) is 11.8 Å². The van der Waals surface area contributed by atoms with E-state index in [0.717, 1.165) is 0 Å². The Morgan fingerprint density at radius 2 is 1.34 bits per heavy atom. The Balaban J connectivity index is 1.89. The summed E-state index contributed by atoms with van der Waals surface area (Å²) in [7, 11) is 2.55. The molecule has 2 aliphatic rings. The maximum Gasteiger partial charge on any atom is 0.313 e. The van der Waals surface area contributed by atoms with Crippen molar-refractivity contribution in [1.82, 2.24) is 0 Å². The van der Waals surface area contributed by atoms with E-state index >= 15 is 0 Å². The molecule has 0 saturated carbocycles. The quantitative estimate of drug-likeness (QED) is 0.464. The minimum absolute atomic E-state index is 0.310. The van der Waals surface area contributed by atoms with E-state index in [0.29, 0.717) is 21.8 Å². The highest BCUT2D eigenvalue weighted by Gasteiger charge is 2.80. The van der Waals surface area contributed by atoms with Gasteiger partial charge in [0.15, 0.2) is 0 Å². The van der Waals surface area contributed by atoms with E-state index in [1.807, 2.05) is 60.7 Å². The molecule has 0 radical (unpaired) electrons. The molecule has 2 aliphatic heterocycles. The van der Waals surface area contributed by atoms with Crippen LogP contribution in [0.4, 0.5) is 5.69 Å². The van der Waals surface area contributed by atoms with Crippen molar-refractivity contribution >= 4 is 46.9 Å². The number of carbonyl (C=O) groups is 3. The first-order valence-electron chi connectivity index (χ1n) is 11.0. The van der Waals surface area contributed by atoms with Gasteiger partial charge in [-0.25, -0.2) is 0 Å². The summed E-state index contributed by atoms with van der Waals surface area (Å²) in [6.07, 6.45) is 0. The molecule has 3 aromatic rings. The molecule has 2 bridgehead atoms. The topological polar surface area (TPSA) is 72.9 Å². The second-order valence-electron chi connectivity index (χ2n) is 8.38. The number of para-hydroxylation sites is 1. The van der Waals surface area contributed by atoms with Gasteiger partial charge in [0, 0.05) is 10.7 Å². The third-order valence-corrected chi connectivity index (χ3v) is 8.97. The lowest BCUT2D eigenvalue weighted by Gasteiger charge is -2.45. The lowest BCUT2D eigenvalue weighted by atomic mass is 9.68. The van der Waals surface area contributed by atoms with Crippen LogP contribution in [-0.4, -0.2) is 32.1 Å². The summed E-state index contributed by atoms with van der Waals surface area (Å²) in [5.41, 5.74) is 1.89. The molecular weight excluding hydrogens is 486 g/mol. The van der Waals surface area contributed by atoms with Gasteiger partial charge in [0.2, 0.25) is 5.91 Å². The number of benzene rings is 3. The van der Waals surface area contributed by atoms with Crippen LogP contribution in [0.15, 0.2) is 84.9 Å². The third kappa shape index (κ3) is 3.22. The Labute approximate surface area is 212 Å². The molecule has 6 nitrogen and oxygen atoms in total. The van der Waals surface area contributed by atoms with Crippen molar-refractivity contribution in [2.24, 2.45) is 11.8 Å². The second kappa shape index (κ2) is 8.73. The summed E-state index contributed by atoms with van der Waals surface area (Å²) in [5.74, 6) is -3.72. The fourth-order valence-electron chi connectivity index (χ4n) is 5.35. The van der Waals surface area contributed by atoms with Crippen LogP contribution in [0.3, 0.4) is 0 Å². The second-order valence-corrected chi connectivity index (χ2v) is 10.3. The van der Waals surface area contributed by atoms with Gasteiger partial charge in [-0.15, -0.1) is 11.8 Å². The van der Waals surface area contributed by atoms with Crippen molar-refractivity contribution in [3.05, 3.63) is 101 Å². The van der Waals surface area contributed by atoms with Gasteiger partial charge in [0.05, 0.1) is 14.2 Å². The molecule has 35 heavy (non-hydrogen) atoms. The van der Waals surface area contributed by atoms with Crippen molar-refractivity contribution in [2.45, 2.75) is 9.62 Å². The number of anilines is 1. The smallest absolute Gasteiger partial charge is 0.313 e. The lowest BCUT2D eigenvalue weighted by Crippen LogP contribution is -2.61. The van der Waals surface area contributed by atoms with Crippen LogP contribution in [0.25, 0.3) is 0 Å². The normalized spacial score (nSPS) is 27.1. The molecule has 2 heterocycles. The summed E-state index contributed by atoms with van der Waals surface area (Å²) < 4.78 is 9.01. The molecule has 5 rings (SSSR count). The summed E-state index contributed by atoms with van der Waals surface area (Å²) in [6, 6.07) is 25.3. The van der Waals surface area contributed by atoms with Gasteiger partial charge in [0.25, 0.3) is 0 Å². The molecule has 3 aromatic carbocycles. The predicted molar refractivity (Wildman–Crippen MR) is 134 cm³/mol. The Bertz CT molecular complexity index is 1290. The summed E-state index contributed by atoms with van der Waals surface area (Å²) in [6.45, 7) is 0. The zero-order chi connectivity index (χ0) is 24.8. The number of fused-ring (bicyclic) bond motifs is 2. The number of methoxy groups -OCH3 is 2. The van der Waals surface area contributed by atoms with Crippen LogP contribution in [-0.2, 0) is 33.5 Å². The van der Waals surface area contributed by atoms with E-state index in [1.165, 1.54) is 26.0 Å². The SMILES string of the molecule is COC(=O)[C@@H]1[C@@H](C(=O)OC)[C@]2(c3ccccc3)S[C@]1(c1ccc(Cl)cc1)C(=O)N2c1ccccc1. The lowest BCUT2D eigenvalue weighted by molar-refractivity contribution is -0.163. The van der Waals surface area contributed by atoms with Gasteiger partial charge in [-0.05, 0) is 35.4 Å². The van der Waals surface area contributed by atoms with E-state index in [-0.39, 0.29) is 5.91 Å². The van der Waals surface area contributed by atoms with E-state index < -0.39 is 33.4 Å². The monoisotopic (exact) mass is 507 g/mol. The van der Waals surface area contributed by atoms with Gasteiger partial charge in [-0.3, -0.25) is 19.3 Å². The zero-order valence-corrected chi connectivity index (χ0v) is 20.6. The minimum atomic E-state index is -1.44. The summed E-state index contributed by atoms with van der Waals surface area (Å²) in [4.78, 5) is 41.9. The Kier molecular flexibility index (Phi) is 5.85. The largest absolute Gasteiger partial charge is 0.469 e. The van der Waals surface area contributed by atoms with Crippen molar-refractivity contribution in [3.63, 3.8) is 0 Å². The number of piperidine rings is 1. The molecular formula is C27H22ClNO5S. The number of amides is 1. The zero-order valence-electron chi connectivity index (χ0n) is 19.0. The summed E-state index contributed by atoms with van der Waals surface area (Å²) in [5, 5.41) is 0.493. The van der Waals surface area contributed by atoms with Gasteiger partial charge in [-0.2, -0.15) is 0 Å². The van der Waals surface area contributed by atoms with E-state index in [9.17, 15) is 14.4 Å². The molecule has 1 amide bonds. The molecule has 0 unspecified atom stereocenters. The molecule has 2 fully saturated rings. The predicted octanol–water partition coefficient (Wildman–Crippen LogP) is 4.76. The van der Waals surface area contributed by atoms with Crippen molar-refractivity contribution in [1.29, 1.82) is 0 Å². The van der Waals surface area contributed by atoms with Crippen molar-refractivity contribution in [2.75, 3.05) is 19.1 Å². The van der Waals surface area contributed by atoms with Crippen LogP contribution < -0.4 is 4.90 Å². The Hall–Kier alpha value is -3.29. The number of carbonyl (C=O) groups excluding carboxylic acids is 3. The number of hydrogen-bond acceptors (Lipinski definition) is 6. The van der Waals surface area contributed by atoms with Gasteiger partial charge in [0.1, 0.15) is 21.5 Å².